The molecule has 0 spiro atoms. The molecule has 2 saturated carbocycles. The van der Waals surface area contributed by atoms with Crippen LogP contribution in [-0.2, 0) is 9.53 Å². The first-order valence-corrected chi connectivity index (χ1v) is 5.94. The monoisotopic (exact) mass is 241 g/mol. The third kappa shape index (κ3) is 2.22. The molecule has 6 nitrogen and oxygen atoms in total. The van der Waals surface area contributed by atoms with E-state index in [-0.39, 0.29) is 23.9 Å². The zero-order valence-corrected chi connectivity index (χ0v) is 9.98. The maximum atomic E-state index is 12.1. The molecule has 17 heavy (non-hydrogen) atoms. The fourth-order valence-corrected chi connectivity index (χ4v) is 2.43. The van der Waals surface area contributed by atoms with Crippen molar-refractivity contribution < 1.29 is 14.7 Å². The normalized spacial score (nSPS) is 31.2. The second-order valence-electron chi connectivity index (χ2n) is 4.91. The number of amidine groups is 1. The highest BCUT2D eigenvalue weighted by Gasteiger charge is 2.54. The van der Waals surface area contributed by atoms with Crippen molar-refractivity contribution in [1.29, 1.82) is 0 Å². The minimum Gasteiger partial charge on any atom is -0.409 e. The molecule has 0 saturated heterocycles. The summed E-state index contributed by atoms with van der Waals surface area (Å²) in [6, 6.07) is 0.149. The zero-order valence-electron chi connectivity index (χ0n) is 9.98. The van der Waals surface area contributed by atoms with Gasteiger partial charge in [-0.3, -0.25) is 4.79 Å². The van der Waals surface area contributed by atoms with Crippen molar-refractivity contribution in [2.24, 2.45) is 16.3 Å². The molecule has 0 aromatic carbocycles. The Labute approximate surface area is 100 Å². The van der Waals surface area contributed by atoms with Crippen molar-refractivity contribution in [1.82, 2.24) is 5.32 Å². The van der Waals surface area contributed by atoms with Gasteiger partial charge in [-0.25, -0.2) is 0 Å². The first kappa shape index (κ1) is 12.2. The van der Waals surface area contributed by atoms with E-state index in [0.717, 1.165) is 19.3 Å². The Hall–Kier alpha value is -1.30. The minimum atomic E-state index is -0.750. The van der Waals surface area contributed by atoms with Crippen LogP contribution in [0.3, 0.4) is 0 Å². The molecule has 2 aliphatic carbocycles. The molecule has 2 unspecified atom stereocenters. The van der Waals surface area contributed by atoms with Crippen molar-refractivity contribution in [3.05, 3.63) is 0 Å². The SMILES string of the molecule is COC1CCC(NC(=O)C2(C(N)=NO)CC2)C1. The summed E-state index contributed by atoms with van der Waals surface area (Å²) in [4.78, 5) is 12.1. The summed E-state index contributed by atoms with van der Waals surface area (Å²) in [5.74, 6) is -0.0918. The molecule has 2 rings (SSSR count). The topological polar surface area (TPSA) is 96.9 Å². The largest absolute Gasteiger partial charge is 0.409 e. The molecule has 2 aliphatic rings. The van der Waals surface area contributed by atoms with Gasteiger partial charge < -0.3 is 21.0 Å². The third-order valence-electron chi connectivity index (χ3n) is 3.84. The molecular formula is C11H19N3O3. The fourth-order valence-electron chi connectivity index (χ4n) is 2.43. The highest BCUT2D eigenvalue weighted by Crippen LogP contribution is 2.46. The smallest absolute Gasteiger partial charge is 0.234 e. The number of oxime groups is 1. The summed E-state index contributed by atoms with van der Waals surface area (Å²) in [6.45, 7) is 0. The molecule has 0 bridgehead atoms. The van der Waals surface area contributed by atoms with Gasteiger partial charge in [-0.05, 0) is 32.1 Å². The molecule has 1 amide bonds. The Balaban J connectivity index is 1.90. The van der Waals surface area contributed by atoms with Crippen LogP contribution in [0.4, 0.5) is 0 Å². The third-order valence-corrected chi connectivity index (χ3v) is 3.84. The van der Waals surface area contributed by atoms with Crippen LogP contribution in [0.1, 0.15) is 32.1 Å². The predicted molar refractivity (Wildman–Crippen MR) is 61.7 cm³/mol. The van der Waals surface area contributed by atoms with E-state index in [1.807, 2.05) is 0 Å². The molecule has 0 aromatic rings. The van der Waals surface area contributed by atoms with E-state index in [1.54, 1.807) is 7.11 Å². The van der Waals surface area contributed by atoms with Crippen LogP contribution in [-0.4, -0.2) is 36.2 Å². The van der Waals surface area contributed by atoms with Gasteiger partial charge in [0.15, 0.2) is 5.84 Å². The van der Waals surface area contributed by atoms with Crippen LogP contribution in [0.15, 0.2) is 5.16 Å². The van der Waals surface area contributed by atoms with Crippen LogP contribution in [0.2, 0.25) is 0 Å². The van der Waals surface area contributed by atoms with Gasteiger partial charge in [0.2, 0.25) is 5.91 Å². The van der Waals surface area contributed by atoms with E-state index < -0.39 is 5.41 Å². The van der Waals surface area contributed by atoms with E-state index in [0.29, 0.717) is 12.8 Å². The van der Waals surface area contributed by atoms with Crippen molar-refractivity contribution in [2.45, 2.75) is 44.2 Å². The van der Waals surface area contributed by atoms with Gasteiger partial charge in [0.1, 0.15) is 5.41 Å². The maximum absolute atomic E-state index is 12.1. The Morgan fingerprint density at radius 1 is 1.53 bits per heavy atom. The number of carbonyl (C=O) groups is 1. The average Bonchev–Trinajstić information content (AvgIpc) is 3.04. The van der Waals surface area contributed by atoms with Gasteiger partial charge in [0, 0.05) is 13.2 Å². The number of nitrogens with two attached hydrogens (primary N) is 1. The highest BCUT2D eigenvalue weighted by molar-refractivity contribution is 6.09. The average molecular weight is 241 g/mol. The Morgan fingerprint density at radius 3 is 2.71 bits per heavy atom. The summed E-state index contributed by atoms with van der Waals surface area (Å²) >= 11 is 0. The van der Waals surface area contributed by atoms with E-state index in [1.165, 1.54) is 0 Å². The lowest BCUT2D eigenvalue weighted by Gasteiger charge is -2.18. The zero-order chi connectivity index (χ0) is 12.5. The summed E-state index contributed by atoms with van der Waals surface area (Å²) < 4.78 is 5.25. The number of carbonyl (C=O) groups excluding carboxylic acids is 1. The number of hydrogen-bond acceptors (Lipinski definition) is 4. The second-order valence-corrected chi connectivity index (χ2v) is 4.91. The highest BCUT2D eigenvalue weighted by atomic mass is 16.5. The van der Waals surface area contributed by atoms with Gasteiger partial charge >= 0.3 is 0 Å². The van der Waals surface area contributed by atoms with E-state index in [9.17, 15) is 4.79 Å². The number of hydrogen-bond donors (Lipinski definition) is 3. The van der Waals surface area contributed by atoms with E-state index in [2.05, 4.69) is 10.5 Å². The van der Waals surface area contributed by atoms with Crippen LogP contribution in [0.25, 0.3) is 0 Å². The molecule has 0 aliphatic heterocycles. The molecule has 0 heterocycles. The molecule has 4 N–H and O–H groups in total. The van der Waals surface area contributed by atoms with Gasteiger partial charge in [-0.15, -0.1) is 0 Å². The number of methoxy groups -OCH3 is 1. The van der Waals surface area contributed by atoms with Crippen LogP contribution >= 0.6 is 0 Å². The maximum Gasteiger partial charge on any atom is 0.234 e. The van der Waals surface area contributed by atoms with Gasteiger partial charge in [-0.1, -0.05) is 5.16 Å². The molecule has 0 aromatic heterocycles. The number of nitrogens with one attached hydrogen (secondary N) is 1. The van der Waals surface area contributed by atoms with Crippen LogP contribution in [0, 0.1) is 5.41 Å². The Morgan fingerprint density at radius 2 is 2.24 bits per heavy atom. The summed E-state index contributed by atoms with van der Waals surface area (Å²) in [6.07, 6.45) is 4.30. The van der Waals surface area contributed by atoms with Crippen molar-refractivity contribution >= 4 is 11.7 Å². The molecule has 2 fully saturated rings. The number of nitrogens with zero attached hydrogens (tertiary/aromatic N) is 1. The molecule has 6 heteroatoms. The number of amides is 1. The molecule has 0 radical (unpaired) electrons. The van der Waals surface area contributed by atoms with Gasteiger partial charge in [0.05, 0.1) is 6.10 Å². The van der Waals surface area contributed by atoms with Crippen LogP contribution < -0.4 is 11.1 Å². The summed E-state index contributed by atoms with van der Waals surface area (Å²) in [5, 5.41) is 14.6. The van der Waals surface area contributed by atoms with Gasteiger partial charge in [-0.2, -0.15) is 0 Å². The predicted octanol–water partition coefficient (Wildman–Crippen LogP) is 0.197. The summed E-state index contributed by atoms with van der Waals surface area (Å²) in [7, 11) is 1.69. The lowest BCUT2D eigenvalue weighted by atomic mass is 10.0. The number of ether oxygens (including phenoxy) is 1. The first-order chi connectivity index (χ1) is 8.12. The quantitative estimate of drug-likeness (QED) is 0.283. The van der Waals surface area contributed by atoms with Crippen LogP contribution in [0.5, 0.6) is 0 Å². The van der Waals surface area contributed by atoms with Gasteiger partial charge in [0.25, 0.3) is 0 Å². The minimum absolute atomic E-state index is 0.0243. The Kier molecular flexibility index (Phi) is 3.24. The fraction of sp³-hybridized carbons (Fsp3) is 0.818. The number of rotatable bonds is 4. The lowest BCUT2D eigenvalue weighted by molar-refractivity contribution is -0.124. The van der Waals surface area contributed by atoms with Crippen molar-refractivity contribution in [2.75, 3.05) is 7.11 Å². The molecule has 96 valence electrons. The second kappa shape index (κ2) is 4.52. The van der Waals surface area contributed by atoms with E-state index >= 15 is 0 Å². The first-order valence-electron chi connectivity index (χ1n) is 5.94. The molecular weight excluding hydrogens is 222 g/mol. The Bertz CT molecular complexity index is 339. The van der Waals surface area contributed by atoms with E-state index in [4.69, 9.17) is 15.7 Å². The summed E-state index contributed by atoms with van der Waals surface area (Å²) in [5.41, 5.74) is 4.81. The van der Waals surface area contributed by atoms with Crippen molar-refractivity contribution in [3.8, 4) is 0 Å². The van der Waals surface area contributed by atoms with Crippen molar-refractivity contribution in [3.63, 3.8) is 0 Å². The lowest BCUT2D eigenvalue weighted by Crippen LogP contribution is -2.44. The standard InChI is InChI=1S/C11H19N3O3/c1-17-8-3-2-7(6-8)13-10(15)11(4-5-11)9(12)14-16/h7-8,16H,2-6H2,1H3,(H2,12,14)(H,13,15). The molecule has 2 atom stereocenters.